The minimum atomic E-state index is -0.607. The number of nitrogens with zero attached hydrogens (tertiary/aromatic N) is 1. The Hall–Kier alpha value is -2.10. The largest absolute Gasteiger partial charge is 0.390 e. The summed E-state index contributed by atoms with van der Waals surface area (Å²) in [7, 11) is 1.84. The van der Waals surface area contributed by atoms with Gasteiger partial charge in [-0.25, -0.2) is 4.79 Å². The third-order valence-corrected chi connectivity index (χ3v) is 2.35. The van der Waals surface area contributed by atoms with Crippen LogP contribution in [0.1, 0.15) is 17.3 Å². The van der Waals surface area contributed by atoms with Crippen molar-refractivity contribution in [3.05, 3.63) is 36.0 Å². The number of benzene rings is 1. The van der Waals surface area contributed by atoms with Crippen LogP contribution in [0.2, 0.25) is 0 Å². The molecule has 0 atom stereocenters. The predicted molar refractivity (Wildman–Crippen MR) is 59.0 cm³/mol. The molecule has 0 saturated carbocycles. The quantitative estimate of drug-likeness (QED) is 0.541. The maximum atomic E-state index is 11.6. The van der Waals surface area contributed by atoms with Gasteiger partial charge in [0, 0.05) is 31.1 Å². The number of carbonyl (C=O) groups excluding carboxylic acids is 2. The third-order valence-electron chi connectivity index (χ3n) is 2.35. The van der Waals surface area contributed by atoms with Crippen molar-refractivity contribution in [2.45, 2.75) is 6.92 Å². The second-order valence-corrected chi connectivity index (χ2v) is 3.55. The van der Waals surface area contributed by atoms with Gasteiger partial charge in [0.05, 0.1) is 5.56 Å². The molecule has 0 aliphatic heterocycles. The van der Waals surface area contributed by atoms with E-state index < -0.39 is 11.9 Å². The van der Waals surface area contributed by atoms with Gasteiger partial charge in [0.25, 0.3) is 0 Å². The first-order valence-corrected chi connectivity index (χ1v) is 4.86. The van der Waals surface area contributed by atoms with Crippen LogP contribution in [-0.2, 0) is 16.6 Å². The molecule has 4 nitrogen and oxygen atoms in total. The Balaban J connectivity index is 2.53. The maximum Gasteiger partial charge on any atom is 0.347 e. The highest BCUT2D eigenvalue weighted by molar-refractivity contribution is 6.07. The molecule has 0 aliphatic carbocycles. The lowest BCUT2D eigenvalue weighted by Crippen LogP contribution is -2.08. The van der Waals surface area contributed by atoms with Gasteiger partial charge in [-0.1, -0.05) is 18.2 Å². The van der Waals surface area contributed by atoms with Gasteiger partial charge in [0.2, 0.25) is 0 Å². The summed E-state index contributed by atoms with van der Waals surface area (Å²) in [6, 6.07) is 7.46. The molecule has 2 aromatic rings. The number of fused-ring (bicyclic) bond motifs is 1. The minimum absolute atomic E-state index is 0.410. The van der Waals surface area contributed by atoms with Crippen molar-refractivity contribution in [3.8, 4) is 0 Å². The average molecular weight is 217 g/mol. The zero-order valence-electron chi connectivity index (χ0n) is 9.06. The molecule has 0 fully saturated rings. The number of rotatable bonds is 1. The first-order chi connectivity index (χ1) is 7.59. The van der Waals surface area contributed by atoms with Crippen LogP contribution < -0.4 is 0 Å². The first-order valence-electron chi connectivity index (χ1n) is 4.86. The Morgan fingerprint density at radius 2 is 1.94 bits per heavy atom. The molecule has 1 heterocycles. The van der Waals surface area contributed by atoms with Crippen molar-refractivity contribution in [1.82, 2.24) is 4.57 Å². The summed E-state index contributed by atoms with van der Waals surface area (Å²) >= 11 is 0. The number of hydrogen-bond donors (Lipinski definition) is 0. The van der Waals surface area contributed by atoms with Crippen molar-refractivity contribution in [2.24, 2.45) is 7.05 Å². The van der Waals surface area contributed by atoms with Gasteiger partial charge in [-0.3, -0.25) is 4.79 Å². The van der Waals surface area contributed by atoms with E-state index in [4.69, 9.17) is 0 Å². The molecule has 82 valence electrons. The van der Waals surface area contributed by atoms with Gasteiger partial charge >= 0.3 is 11.9 Å². The second-order valence-electron chi connectivity index (χ2n) is 3.55. The van der Waals surface area contributed by atoms with Crippen LogP contribution in [0.4, 0.5) is 0 Å². The van der Waals surface area contributed by atoms with E-state index in [-0.39, 0.29) is 0 Å². The molecule has 0 radical (unpaired) electrons. The number of carbonyl (C=O) groups is 2. The normalized spacial score (nSPS) is 10.4. The topological polar surface area (TPSA) is 48.3 Å². The van der Waals surface area contributed by atoms with Gasteiger partial charge < -0.3 is 9.30 Å². The highest BCUT2D eigenvalue weighted by Gasteiger charge is 2.16. The maximum absolute atomic E-state index is 11.6. The molecule has 1 aromatic heterocycles. The molecule has 0 bridgehead atoms. The number of para-hydroxylation sites is 1. The Morgan fingerprint density at radius 3 is 2.62 bits per heavy atom. The van der Waals surface area contributed by atoms with E-state index in [0.29, 0.717) is 5.56 Å². The summed E-state index contributed by atoms with van der Waals surface area (Å²) in [5, 5.41) is 0.788. The first kappa shape index (κ1) is 10.4. The summed E-state index contributed by atoms with van der Waals surface area (Å²) < 4.78 is 6.39. The van der Waals surface area contributed by atoms with Crippen LogP contribution >= 0.6 is 0 Å². The molecule has 16 heavy (non-hydrogen) atoms. The van der Waals surface area contributed by atoms with E-state index in [1.165, 1.54) is 6.92 Å². The smallest absolute Gasteiger partial charge is 0.347 e. The van der Waals surface area contributed by atoms with Crippen LogP contribution in [0.15, 0.2) is 30.5 Å². The molecule has 0 N–H and O–H groups in total. The molecule has 0 saturated heterocycles. The Morgan fingerprint density at radius 1 is 1.25 bits per heavy atom. The lowest BCUT2D eigenvalue weighted by Gasteiger charge is -1.97. The van der Waals surface area contributed by atoms with E-state index in [9.17, 15) is 9.59 Å². The highest BCUT2D eigenvalue weighted by atomic mass is 16.6. The third kappa shape index (κ3) is 1.69. The number of ether oxygens (including phenoxy) is 1. The summed E-state index contributed by atoms with van der Waals surface area (Å²) in [6.07, 6.45) is 1.66. The van der Waals surface area contributed by atoms with Crippen LogP contribution in [0.25, 0.3) is 10.9 Å². The Kier molecular flexibility index (Phi) is 2.48. The lowest BCUT2D eigenvalue weighted by molar-refractivity contribution is -0.135. The van der Waals surface area contributed by atoms with E-state index in [2.05, 4.69) is 4.74 Å². The molecule has 0 aliphatic rings. The SMILES string of the molecule is CC(=O)OC(=O)c1cn(C)c2ccccc12. The lowest BCUT2D eigenvalue weighted by atomic mass is 10.2. The molecular weight excluding hydrogens is 206 g/mol. The molecule has 0 spiro atoms. The zero-order valence-corrected chi connectivity index (χ0v) is 9.06. The van der Waals surface area contributed by atoms with E-state index in [1.807, 2.05) is 35.9 Å². The molecule has 0 unspecified atom stereocenters. The van der Waals surface area contributed by atoms with Crippen molar-refractivity contribution >= 4 is 22.8 Å². The zero-order chi connectivity index (χ0) is 11.7. The van der Waals surface area contributed by atoms with Crippen molar-refractivity contribution in [1.29, 1.82) is 0 Å². The van der Waals surface area contributed by atoms with Crippen molar-refractivity contribution < 1.29 is 14.3 Å². The van der Waals surface area contributed by atoms with Gasteiger partial charge in [0.1, 0.15) is 0 Å². The van der Waals surface area contributed by atoms with Gasteiger partial charge in [-0.2, -0.15) is 0 Å². The molecule has 2 rings (SSSR count). The summed E-state index contributed by atoms with van der Waals surface area (Å²) in [4.78, 5) is 22.3. The molecular formula is C12H11NO3. The van der Waals surface area contributed by atoms with Crippen LogP contribution in [0.5, 0.6) is 0 Å². The van der Waals surface area contributed by atoms with E-state index in [0.717, 1.165) is 10.9 Å². The average Bonchev–Trinajstić information content (AvgIpc) is 2.56. The molecule has 1 aromatic carbocycles. The van der Waals surface area contributed by atoms with Gasteiger partial charge in [0.15, 0.2) is 0 Å². The molecule has 4 heteroatoms. The number of esters is 2. The fourth-order valence-corrected chi connectivity index (χ4v) is 1.69. The summed E-state index contributed by atoms with van der Waals surface area (Å²) in [5.74, 6) is -1.21. The molecule has 0 amide bonds. The second kappa shape index (κ2) is 3.81. The number of aromatic nitrogens is 1. The van der Waals surface area contributed by atoms with Crippen LogP contribution in [0, 0.1) is 0 Å². The summed E-state index contributed by atoms with van der Waals surface area (Å²) in [6.45, 7) is 1.21. The fraction of sp³-hybridized carbons (Fsp3) is 0.167. The fourth-order valence-electron chi connectivity index (χ4n) is 1.69. The number of aryl methyl sites for hydroxylation is 1. The van der Waals surface area contributed by atoms with Crippen LogP contribution in [-0.4, -0.2) is 16.5 Å². The van der Waals surface area contributed by atoms with Crippen molar-refractivity contribution in [2.75, 3.05) is 0 Å². The summed E-state index contributed by atoms with van der Waals surface area (Å²) in [5.41, 5.74) is 1.34. The van der Waals surface area contributed by atoms with Gasteiger partial charge in [-0.05, 0) is 6.07 Å². The van der Waals surface area contributed by atoms with Gasteiger partial charge in [-0.15, -0.1) is 0 Å². The van der Waals surface area contributed by atoms with E-state index >= 15 is 0 Å². The van der Waals surface area contributed by atoms with Crippen LogP contribution in [0.3, 0.4) is 0 Å². The predicted octanol–water partition coefficient (Wildman–Crippen LogP) is 1.88. The minimum Gasteiger partial charge on any atom is -0.390 e. The number of hydrogen-bond acceptors (Lipinski definition) is 3. The van der Waals surface area contributed by atoms with Crippen molar-refractivity contribution in [3.63, 3.8) is 0 Å². The standard InChI is InChI=1S/C12H11NO3/c1-8(14)16-12(15)10-7-13(2)11-6-4-3-5-9(10)11/h3-7H,1-2H3. The highest BCUT2D eigenvalue weighted by Crippen LogP contribution is 2.20. The monoisotopic (exact) mass is 217 g/mol. The van der Waals surface area contributed by atoms with E-state index in [1.54, 1.807) is 6.20 Å². The Bertz CT molecular complexity index is 569. The Labute approximate surface area is 92.4 Å².